The number of rotatable bonds is 5. The van der Waals surface area contributed by atoms with Gasteiger partial charge in [-0.25, -0.2) is 4.98 Å². The second kappa shape index (κ2) is 11.6. The minimum Gasteiger partial charge on any atom is -0.345 e. The zero-order valence-electron chi connectivity index (χ0n) is 19.4. The first-order chi connectivity index (χ1) is 15.8. The highest BCUT2D eigenvalue weighted by atomic mass is 35.5. The van der Waals surface area contributed by atoms with E-state index < -0.39 is 0 Å². The SMILES string of the molecule is CC(C)(C)c1cnc(Cc2ccc(Cl)cc2Cl)[nH]1.[B]CC(c1ccccc1)c1ccccc1. The van der Waals surface area contributed by atoms with Crippen molar-refractivity contribution in [2.24, 2.45) is 0 Å². The van der Waals surface area contributed by atoms with Gasteiger partial charge >= 0.3 is 0 Å². The molecule has 5 heteroatoms. The molecule has 0 unspecified atom stereocenters. The van der Waals surface area contributed by atoms with Gasteiger partial charge in [0.1, 0.15) is 5.82 Å². The van der Waals surface area contributed by atoms with E-state index in [1.54, 1.807) is 6.07 Å². The molecule has 0 saturated carbocycles. The number of nitrogens with zero attached hydrogens (tertiary/aromatic N) is 1. The fourth-order valence-electron chi connectivity index (χ4n) is 3.51. The summed E-state index contributed by atoms with van der Waals surface area (Å²) >= 11 is 12.0. The van der Waals surface area contributed by atoms with Crippen LogP contribution in [0.15, 0.2) is 85.1 Å². The molecule has 1 N–H and O–H groups in total. The molecule has 4 rings (SSSR count). The van der Waals surface area contributed by atoms with Gasteiger partial charge < -0.3 is 4.98 Å². The van der Waals surface area contributed by atoms with Crippen LogP contribution in [0.3, 0.4) is 0 Å². The van der Waals surface area contributed by atoms with Gasteiger partial charge in [-0.15, -0.1) is 0 Å². The highest BCUT2D eigenvalue weighted by molar-refractivity contribution is 6.35. The third-order valence-electron chi connectivity index (χ3n) is 5.45. The molecule has 0 atom stereocenters. The third-order valence-corrected chi connectivity index (χ3v) is 6.04. The molecule has 0 saturated heterocycles. The van der Waals surface area contributed by atoms with E-state index in [0.717, 1.165) is 17.1 Å². The normalized spacial score (nSPS) is 11.2. The maximum atomic E-state index is 6.15. The number of nitrogens with one attached hydrogen (secondary N) is 1. The fraction of sp³-hybridized carbons (Fsp3) is 0.250. The van der Waals surface area contributed by atoms with Crippen molar-refractivity contribution in [2.45, 2.75) is 44.8 Å². The number of benzene rings is 3. The van der Waals surface area contributed by atoms with Crippen LogP contribution in [-0.2, 0) is 11.8 Å². The molecule has 168 valence electrons. The molecule has 2 nitrogen and oxygen atoms in total. The molecular formula is C28H29BCl2N2. The summed E-state index contributed by atoms with van der Waals surface area (Å²) in [5.41, 5.74) is 4.80. The molecule has 0 amide bonds. The summed E-state index contributed by atoms with van der Waals surface area (Å²) in [6.07, 6.45) is 3.22. The Balaban J connectivity index is 0.000000189. The number of H-pyrrole nitrogens is 1. The lowest BCUT2D eigenvalue weighted by molar-refractivity contribution is 0.571. The van der Waals surface area contributed by atoms with E-state index in [2.05, 4.69) is 79.3 Å². The Kier molecular flexibility index (Phi) is 8.83. The molecule has 0 aliphatic heterocycles. The molecule has 1 aromatic heterocycles. The van der Waals surface area contributed by atoms with Crippen molar-refractivity contribution in [2.75, 3.05) is 0 Å². The average Bonchev–Trinajstić information content (AvgIpc) is 3.28. The van der Waals surface area contributed by atoms with Crippen LogP contribution in [0.1, 0.15) is 54.9 Å². The lowest BCUT2D eigenvalue weighted by Crippen LogP contribution is -2.11. The summed E-state index contributed by atoms with van der Waals surface area (Å²) in [6.45, 7) is 6.46. The van der Waals surface area contributed by atoms with Crippen LogP contribution in [0.2, 0.25) is 16.4 Å². The van der Waals surface area contributed by atoms with Gasteiger partial charge in [-0.3, -0.25) is 0 Å². The topological polar surface area (TPSA) is 28.7 Å². The summed E-state index contributed by atoms with van der Waals surface area (Å²) < 4.78 is 0. The Hall–Kier alpha value is -2.49. The lowest BCUT2D eigenvalue weighted by atomic mass is 9.81. The summed E-state index contributed by atoms with van der Waals surface area (Å²) in [5, 5.41) is 1.33. The summed E-state index contributed by atoms with van der Waals surface area (Å²) in [5.74, 6) is 1.23. The number of aromatic nitrogens is 2. The largest absolute Gasteiger partial charge is 0.345 e. The van der Waals surface area contributed by atoms with Gasteiger partial charge in [0.25, 0.3) is 0 Å². The molecule has 0 aliphatic carbocycles. The van der Waals surface area contributed by atoms with E-state index in [1.807, 2.05) is 30.5 Å². The van der Waals surface area contributed by atoms with Crippen LogP contribution < -0.4 is 0 Å². The van der Waals surface area contributed by atoms with Gasteiger partial charge in [-0.2, -0.15) is 0 Å². The molecule has 2 radical (unpaired) electrons. The zero-order chi connectivity index (χ0) is 23.8. The highest BCUT2D eigenvalue weighted by Gasteiger charge is 2.16. The van der Waals surface area contributed by atoms with E-state index in [-0.39, 0.29) is 5.41 Å². The Morgan fingerprint density at radius 3 is 1.91 bits per heavy atom. The van der Waals surface area contributed by atoms with Crippen molar-refractivity contribution >= 4 is 31.0 Å². The van der Waals surface area contributed by atoms with Crippen LogP contribution in [0.25, 0.3) is 0 Å². The maximum Gasteiger partial charge on any atom is 0.110 e. The maximum absolute atomic E-state index is 6.15. The summed E-state index contributed by atoms with van der Waals surface area (Å²) in [6, 6.07) is 26.3. The first-order valence-electron chi connectivity index (χ1n) is 11.1. The van der Waals surface area contributed by atoms with Crippen molar-refractivity contribution in [1.82, 2.24) is 9.97 Å². The highest BCUT2D eigenvalue weighted by Crippen LogP contribution is 2.27. The van der Waals surface area contributed by atoms with Crippen molar-refractivity contribution < 1.29 is 0 Å². The van der Waals surface area contributed by atoms with E-state index in [0.29, 0.717) is 28.7 Å². The van der Waals surface area contributed by atoms with E-state index >= 15 is 0 Å². The first kappa shape index (κ1) is 25.1. The number of hydrogen-bond acceptors (Lipinski definition) is 1. The fourth-order valence-corrected chi connectivity index (χ4v) is 3.99. The molecule has 4 aromatic rings. The summed E-state index contributed by atoms with van der Waals surface area (Å²) in [7, 11) is 5.84. The van der Waals surface area contributed by atoms with Gasteiger partial charge in [0.05, 0.1) is 7.85 Å². The lowest BCUT2D eigenvalue weighted by Gasteiger charge is -2.15. The quantitative estimate of drug-likeness (QED) is 0.291. The predicted octanol–water partition coefficient (Wildman–Crippen LogP) is 8.01. The minimum absolute atomic E-state index is 0.0784. The monoisotopic (exact) mass is 474 g/mol. The molecule has 3 aromatic carbocycles. The number of hydrogen-bond donors (Lipinski definition) is 1. The first-order valence-corrected chi connectivity index (χ1v) is 11.8. The molecule has 0 spiro atoms. The molecule has 0 bridgehead atoms. The Bertz CT molecular complexity index is 1100. The Morgan fingerprint density at radius 1 is 0.879 bits per heavy atom. The van der Waals surface area contributed by atoms with E-state index in [1.165, 1.54) is 11.1 Å². The van der Waals surface area contributed by atoms with E-state index in [9.17, 15) is 0 Å². The van der Waals surface area contributed by atoms with Gasteiger partial charge in [0.2, 0.25) is 0 Å². The molecule has 33 heavy (non-hydrogen) atoms. The van der Waals surface area contributed by atoms with Crippen LogP contribution >= 0.6 is 23.2 Å². The minimum atomic E-state index is 0.0784. The van der Waals surface area contributed by atoms with Crippen LogP contribution in [0.5, 0.6) is 0 Å². The van der Waals surface area contributed by atoms with Gasteiger partial charge in [-0.1, -0.05) is 117 Å². The number of imidazole rings is 1. The van der Waals surface area contributed by atoms with Gasteiger partial charge in [0, 0.05) is 39.7 Å². The second-order valence-corrected chi connectivity index (χ2v) is 9.86. The molecule has 0 fully saturated rings. The van der Waals surface area contributed by atoms with Crippen molar-refractivity contribution in [1.29, 1.82) is 0 Å². The number of aromatic amines is 1. The Labute approximate surface area is 208 Å². The molecular weight excluding hydrogens is 446 g/mol. The van der Waals surface area contributed by atoms with Gasteiger partial charge in [0.15, 0.2) is 0 Å². The zero-order valence-corrected chi connectivity index (χ0v) is 20.9. The Morgan fingerprint density at radius 2 is 1.45 bits per heavy atom. The van der Waals surface area contributed by atoms with Crippen molar-refractivity contribution in [3.8, 4) is 0 Å². The van der Waals surface area contributed by atoms with E-state index in [4.69, 9.17) is 31.0 Å². The predicted molar refractivity (Wildman–Crippen MR) is 142 cm³/mol. The number of halogens is 2. The van der Waals surface area contributed by atoms with Crippen LogP contribution in [0.4, 0.5) is 0 Å². The second-order valence-electron chi connectivity index (χ2n) is 9.02. The standard InChI is InChI=1S/C14H13B.C14H16Cl2N2/c15-11-14(12-7-3-1-4-8-12)13-9-5-2-6-10-13;1-14(2,3)12-8-17-13(18-12)6-9-4-5-10(15)7-11(9)16/h1-10,14H,11H2;4-5,7-8H,6H2,1-3H3,(H,17,18). The van der Waals surface area contributed by atoms with Crippen LogP contribution in [-0.4, -0.2) is 17.8 Å². The summed E-state index contributed by atoms with van der Waals surface area (Å²) in [4.78, 5) is 7.73. The van der Waals surface area contributed by atoms with Crippen LogP contribution in [0, 0.1) is 0 Å². The molecule has 1 heterocycles. The average molecular weight is 475 g/mol. The molecule has 0 aliphatic rings. The van der Waals surface area contributed by atoms with Crippen molar-refractivity contribution in [3.63, 3.8) is 0 Å². The third kappa shape index (κ3) is 7.25. The van der Waals surface area contributed by atoms with Gasteiger partial charge in [-0.05, 0) is 28.8 Å². The van der Waals surface area contributed by atoms with Crippen molar-refractivity contribution in [3.05, 3.63) is 123 Å². The smallest absolute Gasteiger partial charge is 0.110 e.